The van der Waals surface area contributed by atoms with Crippen LogP contribution in [0.4, 0.5) is 4.39 Å². The topological polar surface area (TPSA) is 56.2 Å². The van der Waals surface area contributed by atoms with Gasteiger partial charge in [-0.15, -0.1) is 0 Å². The summed E-state index contributed by atoms with van der Waals surface area (Å²) >= 11 is 0. The van der Waals surface area contributed by atoms with Gasteiger partial charge in [-0.1, -0.05) is 0 Å². The maximum absolute atomic E-state index is 13.5. The number of aromatic nitrogens is 2. The van der Waals surface area contributed by atoms with Crippen molar-refractivity contribution in [1.29, 1.82) is 0 Å². The molecule has 1 aliphatic carbocycles. The van der Waals surface area contributed by atoms with E-state index in [9.17, 15) is 9.18 Å². The first-order valence-electron chi connectivity index (χ1n) is 7.88. The van der Waals surface area contributed by atoms with Crippen LogP contribution in [-0.4, -0.2) is 22.3 Å². The van der Waals surface area contributed by atoms with Crippen LogP contribution in [0.3, 0.4) is 0 Å². The molecule has 1 aromatic heterocycles. The smallest absolute Gasteiger partial charge is 0.255 e. The summed E-state index contributed by atoms with van der Waals surface area (Å²) in [5.74, 6) is 0.559. The fourth-order valence-corrected chi connectivity index (χ4v) is 3.09. The fourth-order valence-electron chi connectivity index (χ4n) is 3.09. The van der Waals surface area contributed by atoms with Crippen molar-refractivity contribution in [3.8, 4) is 5.75 Å². The molecule has 2 heterocycles. The Balaban J connectivity index is 1.59. The van der Waals surface area contributed by atoms with Crippen molar-refractivity contribution in [2.45, 2.75) is 31.2 Å². The van der Waals surface area contributed by atoms with Crippen molar-refractivity contribution in [2.75, 3.05) is 6.61 Å². The molecule has 1 aliphatic heterocycles. The molecule has 1 aromatic carbocycles. The van der Waals surface area contributed by atoms with E-state index in [2.05, 4.69) is 10.4 Å². The van der Waals surface area contributed by atoms with Crippen LogP contribution in [0, 0.1) is 5.82 Å². The first-order valence-corrected chi connectivity index (χ1v) is 7.88. The number of rotatable bonds is 3. The predicted octanol–water partition coefficient (Wildman–Crippen LogP) is 2.69. The van der Waals surface area contributed by atoms with Gasteiger partial charge < -0.3 is 10.1 Å². The molecular weight excluding hydrogens is 297 g/mol. The second-order valence-corrected chi connectivity index (χ2v) is 6.22. The number of hydrogen-bond acceptors (Lipinski definition) is 3. The number of amides is 1. The molecule has 2 aromatic rings. The molecule has 0 spiro atoms. The van der Waals surface area contributed by atoms with E-state index in [1.165, 1.54) is 12.1 Å². The normalized spacial score (nSPS) is 19.8. The van der Waals surface area contributed by atoms with Crippen molar-refractivity contribution < 1.29 is 13.9 Å². The second-order valence-electron chi connectivity index (χ2n) is 6.22. The Hall–Kier alpha value is -2.37. The van der Waals surface area contributed by atoms with Gasteiger partial charge in [0, 0.05) is 31.1 Å². The lowest BCUT2D eigenvalue weighted by Gasteiger charge is -2.26. The van der Waals surface area contributed by atoms with Crippen LogP contribution < -0.4 is 10.1 Å². The Morgan fingerprint density at radius 2 is 2.22 bits per heavy atom. The second kappa shape index (κ2) is 5.37. The lowest BCUT2D eigenvalue weighted by atomic mass is 10.00. The van der Waals surface area contributed by atoms with E-state index in [0.717, 1.165) is 18.5 Å². The van der Waals surface area contributed by atoms with Gasteiger partial charge >= 0.3 is 0 Å². The molecule has 6 heteroatoms. The van der Waals surface area contributed by atoms with E-state index >= 15 is 0 Å². The van der Waals surface area contributed by atoms with E-state index in [1.54, 1.807) is 16.9 Å². The molecule has 5 nitrogen and oxygen atoms in total. The zero-order chi connectivity index (χ0) is 16.0. The SMILES string of the molecule is Cn1cc(C(=O)NC2CCOc3ccc(F)cc32)c(C2CC2)n1. The number of fused-ring (bicyclic) bond motifs is 1. The third kappa shape index (κ3) is 2.69. The van der Waals surface area contributed by atoms with Crippen LogP contribution in [0.15, 0.2) is 24.4 Å². The number of nitrogens with one attached hydrogen (secondary N) is 1. The van der Waals surface area contributed by atoms with Crippen molar-refractivity contribution in [3.63, 3.8) is 0 Å². The van der Waals surface area contributed by atoms with Gasteiger partial charge in [0.2, 0.25) is 0 Å². The quantitative estimate of drug-likeness (QED) is 0.947. The number of carbonyl (C=O) groups is 1. The highest BCUT2D eigenvalue weighted by atomic mass is 19.1. The molecule has 2 aliphatic rings. The zero-order valence-electron chi connectivity index (χ0n) is 12.9. The summed E-state index contributed by atoms with van der Waals surface area (Å²) in [6, 6.07) is 4.18. The highest BCUT2D eigenvalue weighted by Gasteiger charge is 2.32. The maximum Gasteiger partial charge on any atom is 0.255 e. The highest BCUT2D eigenvalue weighted by molar-refractivity contribution is 5.95. The lowest BCUT2D eigenvalue weighted by Crippen LogP contribution is -2.32. The molecule has 120 valence electrons. The Morgan fingerprint density at radius 1 is 1.39 bits per heavy atom. The molecule has 0 saturated heterocycles. The minimum absolute atomic E-state index is 0.151. The van der Waals surface area contributed by atoms with Gasteiger partial charge in [0.25, 0.3) is 5.91 Å². The predicted molar refractivity (Wildman–Crippen MR) is 81.9 cm³/mol. The van der Waals surface area contributed by atoms with E-state index in [4.69, 9.17) is 4.74 Å². The Labute approximate surface area is 133 Å². The van der Waals surface area contributed by atoms with Gasteiger partial charge in [-0.2, -0.15) is 5.10 Å². The first-order chi connectivity index (χ1) is 11.1. The van der Waals surface area contributed by atoms with Crippen molar-refractivity contribution in [1.82, 2.24) is 15.1 Å². The van der Waals surface area contributed by atoms with Crippen molar-refractivity contribution in [2.24, 2.45) is 7.05 Å². The summed E-state index contributed by atoms with van der Waals surface area (Å²) in [6.45, 7) is 0.506. The van der Waals surface area contributed by atoms with Crippen LogP contribution >= 0.6 is 0 Å². The molecule has 0 radical (unpaired) electrons. The molecule has 1 fully saturated rings. The highest BCUT2D eigenvalue weighted by Crippen LogP contribution is 2.41. The average molecular weight is 315 g/mol. The van der Waals surface area contributed by atoms with Crippen LogP contribution in [0.1, 0.15) is 52.8 Å². The van der Waals surface area contributed by atoms with Gasteiger partial charge in [-0.3, -0.25) is 9.48 Å². The molecule has 1 unspecified atom stereocenters. The van der Waals surface area contributed by atoms with Gasteiger partial charge in [-0.05, 0) is 31.0 Å². The van der Waals surface area contributed by atoms with Crippen molar-refractivity contribution >= 4 is 5.91 Å². The Kier molecular flexibility index (Phi) is 3.32. The molecule has 4 rings (SSSR count). The summed E-state index contributed by atoms with van der Waals surface area (Å²) in [4.78, 5) is 12.7. The molecule has 23 heavy (non-hydrogen) atoms. The average Bonchev–Trinajstić information content (AvgIpc) is 3.30. The minimum Gasteiger partial charge on any atom is -0.493 e. The third-order valence-corrected chi connectivity index (χ3v) is 4.38. The van der Waals surface area contributed by atoms with Crippen LogP contribution in [0.2, 0.25) is 0 Å². The third-order valence-electron chi connectivity index (χ3n) is 4.38. The van der Waals surface area contributed by atoms with Gasteiger partial charge in [0.1, 0.15) is 11.6 Å². The lowest BCUT2D eigenvalue weighted by molar-refractivity contribution is 0.0923. The van der Waals surface area contributed by atoms with E-state index in [-0.39, 0.29) is 17.8 Å². The molecular formula is C17H18FN3O2. The molecule has 1 amide bonds. The number of halogens is 1. The van der Waals surface area contributed by atoms with E-state index in [1.807, 2.05) is 7.05 Å². The standard InChI is InChI=1S/C17H18FN3O2/c1-21-9-13(16(20-21)10-2-3-10)17(22)19-14-6-7-23-15-5-4-11(18)8-12(14)15/h4-5,8-10,14H,2-3,6-7H2,1H3,(H,19,22). The molecule has 1 atom stereocenters. The maximum atomic E-state index is 13.5. The number of nitrogens with zero attached hydrogens (tertiary/aromatic N) is 2. The van der Waals surface area contributed by atoms with E-state index in [0.29, 0.717) is 35.8 Å². The largest absolute Gasteiger partial charge is 0.493 e. The summed E-state index contributed by atoms with van der Waals surface area (Å²) in [5.41, 5.74) is 2.19. The summed E-state index contributed by atoms with van der Waals surface area (Å²) in [5, 5.41) is 7.43. The minimum atomic E-state index is -0.325. The van der Waals surface area contributed by atoms with Crippen LogP contribution in [0.25, 0.3) is 0 Å². The summed E-state index contributed by atoms with van der Waals surface area (Å²) < 4.78 is 20.7. The number of benzene rings is 1. The monoisotopic (exact) mass is 315 g/mol. The van der Waals surface area contributed by atoms with Gasteiger partial charge in [0.15, 0.2) is 0 Å². The number of ether oxygens (including phenoxy) is 1. The Bertz CT molecular complexity index is 767. The summed E-state index contributed by atoms with van der Waals surface area (Å²) in [7, 11) is 1.82. The van der Waals surface area contributed by atoms with Gasteiger partial charge in [0.05, 0.1) is 23.9 Å². The fraction of sp³-hybridized carbons (Fsp3) is 0.412. The number of aryl methyl sites for hydroxylation is 1. The van der Waals surface area contributed by atoms with Crippen LogP contribution in [0.5, 0.6) is 5.75 Å². The van der Waals surface area contributed by atoms with E-state index < -0.39 is 0 Å². The van der Waals surface area contributed by atoms with Crippen LogP contribution in [-0.2, 0) is 7.05 Å². The summed E-state index contributed by atoms with van der Waals surface area (Å²) in [6.07, 6.45) is 4.56. The molecule has 1 saturated carbocycles. The first kappa shape index (κ1) is 14.2. The zero-order valence-corrected chi connectivity index (χ0v) is 12.9. The van der Waals surface area contributed by atoms with Crippen molar-refractivity contribution in [3.05, 3.63) is 47.0 Å². The molecule has 0 bridgehead atoms. The number of hydrogen-bond donors (Lipinski definition) is 1. The number of carbonyl (C=O) groups excluding carboxylic acids is 1. The molecule has 1 N–H and O–H groups in total. The van der Waals surface area contributed by atoms with Gasteiger partial charge in [-0.25, -0.2) is 4.39 Å². The Morgan fingerprint density at radius 3 is 3.00 bits per heavy atom.